The van der Waals surface area contributed by atoms with Crippen molar-refractivity contribution in [2.45, 2.75) is 38.2 Å². The number of aryl methyl sites for hydroxylation is 1. The lowest BCUT2D eigenvalue weighted by Crippen LogP contribution is -2.18. The van der Waals surface area contributed by atoms with Gasteiger partial charge in [-0.3, -0.25) is 10.1 Å². The molecule has 1 amide bonds. The molecule has 1 unspecified atom stereocenters. The van der Waals surface area contributed by atoms with Crippen LogP contribution in [0.4, 0.5) is 10.5 Å². The summed E-state index contributed by atoms with van der Waals surface area (Å²) in [6, 6.07) is 7.18. The van der Waals surface area contributed by atoms with Gasteiger partial charge >= 0.3 is 12.1 Å². The zero-order valence-electron chi connectivity index (χ0n) is 18.4. The lowest BCUT2D eigenvalue weighted by molar-refractivity contribution is -0.140. The van der Waals surface area contributed by atoms with Crippen molar-refractivity contribution in [3.63, 3.8) is 0 Å². The molecule has 12 heteroatoms. The number of thiazole rings is 2. The van der Waals surface area contributed by atoms with Crippen LogP contribution >= 0.6 is 45.8 Å². The standard InChI is InChI=1S/C23H17ClN4O4S3/c1-11-17(26-22(31)32-12(2)13-5-3-4-6-14(13)24)15(35-28-11)7-8-16-25-18-19(33-16)27-20(34-18)23(9-10-23)21(29)30/h3-6,12H,9-10H2,1-2H3,(H,26,31)(H,29,30). The van der Waals surface area contributed by atoms with E-state index in [1.165, 1.54) is 22.7 Å². The van der Waals surface area contributed by atoms with Crippen molar-refractivity contribution in [1.29, 1.82) is 0 Å². The van der Waals surface area contributed by atoms with E-state index in [0.29, 0.717) is 59.4 Å². The van der Waals surface area contributed by atoms with Crippen LogP contribution < -0.4 is 5.32 Å². The van der Waals surface area contributed by atoms with Crippen LogP contribution in [0.3, 0.4) is 0 Å². The number of ether oxygens (including phenoxy) is 1. The van der Waals surface area contributed by atoms with Gasteiger partial charge in [0.1, 0.15) is 21.4 Å². The summed E-state index contributed by atoms with van der Waals surface area (Å²) in [7, 11) is 0. The molecule has 1 fully saturated rings. The lowest BCUT2D eigenvalue weighted by Gasteiger charge is -2.15. The Morgan fingerprint density at radius 3 is 2.63 bits per heavy atom. The molecule has 3 heterocycles. The number of amides is 1. The van der Waals surface area contributed by atoms with Crippen molar-refractivity contribution >= 4 is 73.2 Å². The van der Waals surface area contributed by atoms with E-state index in [1.54, 1.807) is 26.0 Å². The number of hydrogen-bond acceptors (Lipinski definition) is 9. The molecule has 1 aliphatic rings. The van der Waals surface area contributed by atoms with E-state index in [0.717, 1.165) is 11.5 Å². The van der Waals surface area contributed by atoms with Crippen LogP contribution in [0, 0.1) is 18.8 Å². The highest BCUT2D eigenvalue weighted by molar-refractivity contribution is 7.26. The SMILES string of the molecule is Cc1nsc(C#Cc2nc3sc(C4(C(=O)O)CC4)nc3s2)c1NC(=O)OC(C)c1ccccc1Cl. The summed E-state index contributed by atoms with van der Waals surface area (Å²) in [6.45, 7) is 3.52. The van der Waals surface area contributed by atoms with Crippen molar-refractivity contribution in [3.05, 3.63) is 55.4 Å². The largest absolute Gasteiger partial charge is 0.481 e. The lowest BCUT2D eigenvalue weighted by atomic mass is 10.1. The zero-order chi connectivity index (χ0) is 24.7. The van der Waals surface area contributed by atoms with Gasteiger partial charge in [-0.1, -0.05) is 52.5 Å². The highest BCUT2D eigenvalue weighted by Gasteiger charge is 2.54. The van der Waals surface area contributed by atoms with Crippen LogP contribution in [0.2, 0.25) is 5.02 Å². The van der Waals surface area contributed by atoms with Crippen LogP contribution in [0.25, 0.3) is 9.66 Å². The molecule has 1 aromatic carbocycles. The average molecular weight is 545 g/mol. The molecule has 0 spiro atoms. The van der Waals surface area contributed by atoms with Gasteiger partial charge in [-0.2, -0.15) is 4.37 Å². The summed E-state index contributed by atoms with van der Waals surface area (Å²) >= 11 is 9.97. The summed E-state index contributed by atoms with van der Waals surface area (Å²) in [5.41, 5.74) is 0.975. The quantitative estimate of drug-likeness (QED) is 0.296. The summed E-state index contributed by atoms with van der Waals surface area (Å²) in [6.07, 6.45) is 0.0375. The molecule has 5 rings (SSSR count). The van der Waals surface area contributed by atoms with Gasteiger partial charge in [0.15, 0.2) is 14.7 Å². The minimum Gasteiger partial charge on any atom is -0.481 e. The zero-order valence-corrected chi connectivity index (χ0v) is 21.6. The number of anilines is 1. The van der Waals surface area contributed by atoms with Crippen molar-refractivity contribution in [1.82, 2.24) is 14.3 Å². The van der Waals surface area contributed by atoms with Crippen molar-refractivity contribution in [3.8, 4) is 11.8 Å². The van der Waals surface area contributed by atoms with Crippen LogP contribution in [-0.4, -0.2) is 31.5 Å². The van der Waals surface area contributed by atoms with E-state index in [1.807, 2.05) is 12.1 Å². The first kappa shape index (κ1) is 23.7. The first-order valence-electron chi connectivity index (χ1n) is 10.5. The third-order valence-corrected chi connectivity index (χ3v) is 8.89. The smallest absolute Gasteiger partial charge is 0.412 e. The van der Waals surface area contributed by atoms with Crippen molar-refractivity contribution < 1.29 is 19.4 Å². The molecule has 35 heavy (non-hydrogen) atoms. The Bertz CT molecular complexity index is 1490. The minimum absolute atomic E-state index is 0.481. The molecule has 3 aromatic heterocycles. The number of carbonyl (C=O) groups is 2. The third-order valence-electron chi connectivity index (χ3n) is 5.54. The molecule has 1 saturated carbocycles. The minimum atomic E-state index is -0.838. The number of nitrogens with one attached hydrogen (secondary N) is 1. The van der Waals surface area contributed by atoms with Crippen LogP contribution in [0.1, 0.15) is 52.0 Å². The second-order valence-corrected chi connectivity index (χ2v) is 11.1. The van der Waals surface area contributed by atoms with E-state index >= 15 is 0 Å². The predicted molar refractivity (Wildman–Crippen MR) is 137 cm³/mol. The fourth-order valence-corrected chi connectivity index (χ4v) is 6.55. The van der Waals surface area contributed by atoms with Crippen LogP contribution in [0.5, 0.6) is 0 Å². The average Bonchev–Trinajstić information content (AvgIpc) is 3.25. The van der Waals surface area contributed by atoms with E-state index in [4.69, 9.17) is 16.3 Å². The molecule has 0 bridgehead atoms. The number of aliphatic carboxylic acids is 1. The van der Waals surface area contributed by atoms with Gasteiger partial charge in [0.2, 0.25) is 0 Å². The number of carboxylic acids is 1. The van der Waals surface area contributed by atoms with Gasteiger partial charge in [-0.05, 0) is 56.1 Å². The number of hydrogen-bond donors (Lipinski definition) is 2. The number of fused-ring (bicyclic) bond motifs is 1. The van der Waals surface area contributed by atoms with Gasteiger partial charge in [0.05, 0.1) is 11.4 Å². The van der Waals surface area contributed by atoms with E-state index in [-0.39, 0.29) is 0 Å². The number of carboxylic acid groups (broad SMARTS) is 1. The number of aromatic nitrogens is 3. The Balaban J connectivity index is 1.30. The number of rotatable bonds is 5. The number of nitrogens with zero attached hydrogens (tertiary/aromatic N) is 3. The Labute approximate surface area is 217 Å². The third kappa shape index (κ3) is 4.62. The second-order valence-electron chi connectivity index (χ2n) is 7.95. The molecular weight excluding hydrogens is 528 g/mol. The fraction of sp³-hybridized carbons (Fsp3) is 0.261. The first-order valence-corrected chi connectivity index (χ1v) is 13.3. The van der Waals surface area contributed by atoms with Gasteiger partial charge in [0.25, 0.3) is 0 Å². The predicted octanol–water partition coefficient (Wildman–Crippen LogP) is 6.00. The highest BCUT2D eigenvalue weighted by atomic mass is 35.5. The summed E-state index contributed by atoms with van der Waals surface area (Å²) < 4.78 is 9.78. The maximum Gasteiger partial charge on any atom is 0.412 e. The summed E-state index contributed by atoms with van der Waals surface area (Å²) in [4.78, 5) is 35.0. The van der Waals surface area contributed by atoms with Crippen molar-refractivity contribution in [2.75, 3.05) is 5.32 Å². The normalized spacial score (nSPS) is 14.7. The molecule has 0 aliphatic heterocycles. The molecule has 1 aliphatic carbocycles. The Morgan fingerprint density at radius 2 is 1.94 bits per heavy atom. The Morgan fingerprint density at radius 1 is 1.20 bits per heavy atom. The van der Waals surface area contributed by atoms with Crippen molar-refractivity contribution in [2.24, 2.45) is 0 Å². The maximum absolute atomic E-state index is 12.5. The van der Waals surface area contributed by atoms with Crippen LogP contribution in [0.15, 0.2) is 24.3 Å². The number of benzene rings is 1. The Kier molecular flexibility index (Phi) is 6.23. The number of halogens is 1. The van der Waals surface area contributed by atoms with E-state index in [2.05, 4.69) is 31.5 Å². The molecule has 1 atom stereocenters. The molecular formula is C23H17ClN4O4S3. The number of carbonyl (C=O) groups excluding carboxylic acids is 1. The van der Waals surface area contributed by atoms with E-state index in [9.17, 15) is 14.7 Å². The Hall–Kier alpha value is -3.04. The van der Waals surface area contributed by atoms with Gasteiger partial charge in [-0.25, -0.2) is 14.8 Å². The fourth-order valence-electron chi connectivity index (χ4n) is 3.42. The monoisotopic (exact) mass is 544 g/mol. The molecule has 0 radical (unpaired) electrons. The summed E-state index contributed by atoms with van der Waals surface area (Å²) in [5, 5.41) is 13.9. The van der Waals surface area contributed by atoms with Gasteiger partial charge in [0, 0.05) is 10.6 Å². The topological polar surface area (TPSA) is 114 Å². The highest BCUT2D eigenvalue weighted by Crippen LogP contribution is 2.50. The maximum atomic E-state index is 12.5. The first-order chi connectivity index (χ1) is 16.8. The molecule has 0 saturated heterocycles. The summed E-state index contributed by atoms with van der Waals surface area (Å²) in [5.74, 6) is 5.19. The molecule has 2 N–H and O–H groups in total. The molecule has 178 valence electrons. The van der Waals surface area contributed by atoms with Gasteiger partial charge in [-0.15, -0.1) is 0 Å². The second kappa shape index (κ2) is 9.20. The van der Waals surface area contributed by atoms with E-state index < -0.39 is 23.6 Å². The van der Waals surface area contributed by atoms with Gasteiger partial charge < -0.3 is 9.84 Å². The van der Waals surface area contributed by atoms with Crippen LogP contribution in [-0.2, 0) is 14.9 Å². The molecule has 8 nitrogen and oxygen atoms in total. The molecule has 4 aromatic rings.